The number of rotatable bonds is 4. The van der Waals surface area contributed by atoms with Crippen LogP contribution >= 0.6 is 0 Å². The minimum Gasteiger partial charge on any atom is -0.383 e. The van der Waals surface area contributed by atoms with Crippen LogP contribution in [0.2, 0.25) is 0 Å². The molecular weight excluding hydrogens is 414 g/mol. The van der Waals surface area contributed by atoms with Crippen molar-refractivity contribution in [2.75, 3.05) is 11.1 Å². The van der Waals surface area contributed by atoms with E-state index in [0.717, 1.165) is 50.0 Å². The summed E-state index contributed by atoms with van der Waals surface area (Å²) in [7, 11) is 1.96. The van der Waals surface area contributed by atoms with E-state index in [-0.39, 0.29) is 5.91 Å². The Morgan fingerprint density at radius 1 is 1.12 bits per heavy atom. The maximum absolute atomic E-state index is 12.0. The highest BCUT2D eigenvalue weighted by Crippen LogP contribution is 2.42. The van der Waals surface area contributed by atoms with Gasteiger partial charge in [0.15, 0.2) is 0 Å². The van der Waals surface area contributed by atoms with Gasteiger partial charge >= 0.3 is 0 Å². The van der Waals surface area contributed by atoms with Crippen LogP contribution in [-0.2, 0) is 11.8 Å². The fraction of sp³-hybridized carbons (Fsp3) is 0.120. The van der Waals surface area contributed by atoms with E-state index in [4.69, 9.17) is 5.73 Å². The third-order valence-corrected chi connectivity index (χ3v) is 5.83. The molecule has 0 unspecified atom stereocenters. The SMILES string of the molecule is C=C(C)C(=O)Nc1ccc(-c2c(-c3ccc4n[nH]c(C)c4c3)c3c(N)ncnc3n2C)cc1. The largest absolute Gasteiger partial charge is 0.383 e. The Hall–Kier alpha value is -4.46. The molecule has 8 heteroatoms. The fourth-order valence-corrected chi connectivity index (χ4v) is 4.14. The van der Waals surface area contributed by atoms with E-state index in [0.29, 0.717) is 17.1 Å². The van der Waals surface area contributed by atoms with E-state index in [1.165, 1.54) is 6.33 Å². The molecule has 0 atom stereocenters. The van der Waals surface area contributed by atoms with Crippen molar-refractivity contribution < 1.29 is 4.79 Å². The van der Waals surface area contributed by atoms with Gasteiger partial charge in [-0.3, -0.25) is 9.89 Å². The fourth-order valence-electron chi connectivity index (χ4n) is 4.14. The molecule has 0 saturated heterocycles. The van der Waals surface area contributed by atoms with Crippen LogP contribution in [0.4, 0.5) is 11.5 Å². The van der Waals surface area contributed by atoms with Crippen molar-refractivity contribution in [1.82, 2.24) is 24.7 Å². The highest BCUT2D eigenvalue weighted by Gasteiger charge is 2.22. The number of carbonyl (C=O) groups excluding carboxylic acids is 1. The van der Waals surface area contributed by atoms with Crippen LogP contribution in [0.5, 0.6) is 0 Å². The molecule has 0 fully saturated rings. The van der Waals surface area contributed by atoms with Crippen LogP contribution in [-0.4, -0.2) is 30.6 Å². The van der Waals surface area contributed by atoms with Crippen LogP contribution in [0, 0.1) is 6.92 Å². The summed E-state index contributed by atoms with van der Waals surface area (Å²) in [5.74, 6) is 0.214. The van der Waals surface area contributed by atoms with Gasteiger partial charge in [-0.2, -0.15) is 5.10 Å². The second kappa shape index (κ2) is 7.59. The summed E-state index contributed by atoms with van der Waals surface area (Å²) in [5.41, 5.74) is 14.0. The third-order valence-electron chi connectivity index (χ3n) is 5.83. The zero-order chi connectivity index (χ0) is 23.3. The van der Waals surface area contributed by atoms with Crippen molar-refractivity contribution in [2.24, 2.45) is 7.05 Å². The molecule has 0 aliphatic carbocycles. The molecule has 1 amide bonds. The molecule has 5 rings (SSSR count). The first-order chi connectivity index (χ1) is 15.8. The van der Waals surface area contributed by atoms with Gasteiger partial charge in [0.1, 0.15) is 17.8 Å². The van der Waals surface area contributed by atoms with Crippen molar-refractivity contribution in [3.63, 3.8) is 0 Å². The maximum Gasteiger partial charge on any atom is 0.250 e. The van der Waals surface area contributed by atoms with Crippen molar-refractivity contribution in [2.45, 2.75) is 13.8 Å². The smallest absolute Gasteiger partial charge is 0.250 e. The van der Waals surface area contributed by atoms with E-state index in [1.54, 1.807) is 6.92 Å². The number of nitrogens with one attached hydrogen (secondary N) is 2. The summed E-state index contributed by atoms with van der Waals surface area (Å²) >= 11 is 0. The average Bonchev–Trinajstić information content (AvgIpc) is 3.32. The molecule has 0 saturated carbocycles. The molecule has 8 nitrogen and oxygen atoms in total. The molecule has 5 aromatic rings. The van der Waals surface area contributed by atoms with Gasteiger partial charge in [0.2, 0.25) is 0 Å². The number of carbonyl (C=O) groups is 1. The Balaban J connectivity index is 1.73. The quantitative estimate of drug-likeness (QED) is 0.356. The van der Waals surface area contributed by atoms with E-state index >= 15 is 0 Å². The molecule has 2 aromatic carbocycles. The third kappa shape index (κ3) is 3.32. The van der Waals surface area contributed by atoms with Crippen LogP contribution in [0.3, 0.4) is 0 Å². The number of aryl methyl sites for hydroxylation is 2. The molecular formula is C25H23N7O. The normalized spacial score (nSPS) is 11.2. The Kier molecular flexibility index (Phi) is 4.70. The van der Waals surface area contributed by atoms with Crippen molar-refractivity contribution in [3.05, 3.63) is 66.6 Å². The standard InChI is InChI=1S/C25H23N7O/c1-13(2)25(33)29-17-8-5-15(6-9-17)22-20(21-23(26)27-12-28-24(21)32(22)4)16-7-10-19-18(11-16)14(3)30-31-19/h5-12H,1H2,2-4H3,(H,29,33)(H,30,31)(H2,26,27,28). The van der Waals surface area contributed by atoms with E-state index in [1.807, 2.05) is 54.9 Å². The summed E-state index contributed by atoms with van der Waals surface area (Å²) < 4.78 is 2.02. The summed E-state index contributed by atoms with van der Waals surface area (Å²) in [6.07, 6.45) is 1.48. The zero-order valence-corrected chi connectivity index (χ0v) is 18.6. The van der Waals surface area contributed by atoms with Gasteiger partial charge in [-0.25, -0.2) is 9.97 Å². The number of anilines is 2. The maximum atomic E-state index is 12.0. The van der Waals surface area contributed by atoms with Crippen molar-refractivity contribution in [3.8, 4) is 22.4 Å². The zero-order valence-electron chi connectivity index (χ0n) is 18.6. The van der Waals surface area contributed by atoms with Gasteiger partial charge in [0, 0.05) is 35.0 Å². The first-order valence-corrected chi connectivity index (χ1v) is 10.5. The Labute approximate surface area is 190 Å². The number of H-pyrrole nitrogens is 1. The number of fused-ring (bicyclic) bond motifs is 2. The number of hydrogen-bond donors (Lipinski definition) is 3. The van der Waals surface area contributed by atoms with Crippen LogP contribution in [0.15, 0.2) is 60.9 Å². The minimum atomic E-state index is -0.208. The molecule has 0 radical (unpaired) electrons. The molecule has 0 aliphatic rings. The molecule has 3 heterocycles. The average molecular weight is 438 g/mol. The number of aromatic amines is 1. The summed E-state index contributed by atoms with van der Waals surface area (Å²) in [5, 5.41) is 12.1. The number of nitrogens with two attached hydrogens (primary N) is 1. The number of benzene rings is 2. The first kappa shape index (κ1) is 20.4. The van der Waals surface area contributed by atoms with Crippen LogP contribution in [0.1, 0.15) is 12.6 Å². The van der Waals surface area contributed by atoms with E-state index < -0.39 is 0 Å². The van der Waals surface area contributed by atoms with Gasteiger partial charge in [0.05, 0.1) is 16.6 Å². The van der Waals surface area contributed by atoms with Crippen molar-refractivity contribution >= 4 is 39.3 Å². The number of nitrogens with zero attached hydrogens (tertiary/aromatic N) is 4. The van der Waals surface area contributed by atoms with Gasteiger partial charge < -0.3 is 15.6 Å². The predicted octanol–water partition coefficient (Wildman–Crippen LogP) is 4.58. The monoisotopic (exact) mass is 437 g/mol. The van der Waals surface area contributed by atoms with Gasteiger partial charge in [-0.1, -0.05) is 24.8 Å². The van der Waals surface area contributed by atoms with Crippen LogP contribution < -0.4 is 11.1 Å². The first-order valence-electron chi connectivity index (χ1n) is 10.5. The van der Waals surface area contributed by atoms with E-state index in [2.05, 4.69) is 38.1 Å². The molecule has 33 heavy (non-hydrogen) atoms. The van der Waals surface area contributed by atoms with E-state index in [9.17, 15) is 4.79 Å². The van der Waals surface area contributed by atoms with Crippen LogP contribution in [0.25, 0.3) is 44.3 Å². The molecule has 3 aromatic heterocycles. The van der Waals surface area contributed by atoms with Gasteiger partial charge in [0.25, 0.3) is 5.91 Å². The molecule has 4 N–H and O–H groups in total. The summed E-state index contributed by atoms with van der Waals surface area (Å²) in [6, 6.07) is 13.8. The lowest BCUT2D eigenvalue weighted by Crippen LogP contribution is -2.11. The predicted molar refractivity (Wildman–Crippen MR) is 132 cm³/mol. The number of hydrogen-bond acceptors (Lipinski definition) is 5. The Morgan fingerprint density at radius 2 is 1.85 bits per heavy atom. The lowest BCUT2D eigenvalue weighted by atomic mass is 9.97. The van der Waals surface area contributed by atoms with Crippen molar-refractivity contribution in [1.29, 1.82) is 0 Å². The second-order valence-electron chi connectivity index (χ2n) is 8.13. The number of nitrogen functional groups attached to an aromatic ring is 1. The second-order valence-corrected chi connectivity index (χ2v) is 8.13. The molecule has 164 valence electrons. The lowest BCUT2D eigenvalue weighted by molar-refractivity contribution is -0.112. The highest BCUT2D eigenvalue weighted by atomic mass is 16.1. The molecule has 0 aliphatic heterocycles. The van der Waals surface area contributed by atoms with Gasteiger partial charge in [-0.15, -0.1) is 0 Å². The summed E-state index contributed by atoms with van der Waals surface area (Å²) in [6.45, 7) is 7.36. The minimum absolute atomic E-state index is 0.208. The highest BCUT2D eigenvalue weighted by molar-refractivity contribution is 6.09. The Bertz CT molecular complexity index is 1560. The Morgan fingerprint density at radius 3 is 2.58 bits per heavy atom. The number of aromatic nitrogens is 5. The summed E-state index contributed by atoms with van der Waals surface area (Å²) in [4.78, 5) is 20.7. The van der Waals surface area contributed by atoms with Gasteiger partial charge in [-0.05, 0) is 49.2 Å². The molecule has 0 bridgehead atoms. The topological polar surface area (TPSA) is 115 Å². The lowest BCUT2D eigenvalue weighted by Gasteiger charge is -2.11. The molecule has 0 spiro atoms. The number of amides is 1.